The Bertz CT molecular complexity index is 725. The predicted molar refractivity (Wildman–Crippen MR) is 92.0 cm³/mol. The van der Waals surface area contributed by atoms with Gasteiger partial charge in [-0.1, -0.05) is 6.07 Å². The molecule has 2 aliphatic heterocycles. The van der Waals surface area contributed by atoms with Gasteiger partial charge < -0.3 is 14.1 Å². The van der Waals surface area contributed by atoms with Gasteiger partial charge in [0.15, 0.2) is 5.76 Å². The average molecular weight is 344 g/mol. The van der Waals surface area contributed by atoms with Crippen LogP contribution in [0.5, 0.6) is 0 Å². The quantitative estimate of drug-likeness (QED) is 0.854. The van der Waals surface area contributed by atoms with Crippen molar-refractivity contribution in [3.8, 4) is 0 Å². The van der Waals surface area contributed by atoms with E-state index in [2.05, 4.69) is 4.98 Å². The molecule has 0 aromatic carbocycles. The second-order valence-electron chi connectivity index (χ2n) is 6.52. The van der Waals surface area contributed by atoms with Crippen molar-refractivity contribution in [1.82, 2.24) is 9.88 Å². The van der Waals surface area contributed by atoms with E-state index in [0.717, 1.165) is 36.7 Å². The number of hydrogen-bond donors (Lipinski definition) is 0. The Balaban J connectivity index is 1.28. The van der Waals surface area contributed by atoms with Gasteiger partial charge in [-0.25, -0.2) is 0 Å². The summed E-state index contributed by atoms with van der Waals surface area (Å²) in [4.78, 5) is 18.5. The molecule has 0 radical (unpaired) electrons. The highest BCUT2D eigenvalue weighted by Gasteiger charge is 2.51. The van der Waals surface area contributed by atoms with Crippen LogP contribution in [0.2, 0.25) is 0 Å². The first-order valence-corrected chi connectivity index (χ1v) is 9.13. The molecular formula is C18H20N2O3S. The molecular weight excluding hydrogens is 324 g/mol. The van der Waals surface area contributed by atoms with Crippen molar-refractivity contribution in [2.75, 3.05) is 18.8 Å². The van der Waals surface area contributed by atoms with E-state index in [-0.39, 0.29) is 16.8 Å². The fourth-order valence-electron chi connectivity index (χ4n) is 3.31. The second kappa shape index (κ2) is 6.26. The molecule has 126 valence electrons. The molecule has 24 heavy (non-hydrogen) atoms. The van der Waals surface area contributed by atoms with E-state index in [4.69, 9.17) is 9.15 Å². The van der Waals surface area contributed by atoms with E-state index in [0.29, 0.717) is 12.4 Å². The highest BCUT2D eigenvalue weighted by molar-refractivity contribution is 8.01. The molecule has 0 N–H and O–H groups in total. The Morgan fingerprint density at radius 1 is 1.42 bits per heavy atom. The third-order valence-electron chi connectivity index (χ3n) is 4.56. The Labute approximate surface area is 145 Å². The van der Waals surface area contributed by atoms with Gasteiger partial charge in [0.2, 0.25) is 0 Å². The molecule has 2 fully saturated rings. The summed E-state index contributed by atoms with van der Waals surface area (Å²) in [5.41, 5.74) is 0.960. The summed E-state index contributed by atoms with van der Waals surface area (Å²) in [6, 6.07) is 9.44. The molecule has 6 heteroatoms. The van der Waals surface area contributed by atoms with Gasteiger partial charge in [0.1, 0.15) is 5.76 Å². The average Bonchev–Trinajstić information content (AvgIpc) is 3.18. The van der Waals surface area contributed by atoms with Crippen molar-refractivity contribution in [3.05, 3.63) is 53.7 Å². The maximum absolute atomic E-state index is 12.4. The highest BCUT2D eigenvalue weighted by atomic mass is 32.2. The number of hydrogen-bond acceptors (Lipinski definition) is 5. The Hall–Kier alpha value is -1.79. The van der Waals surface area contributed by atoms with Gasteiger partial charge in [-0.2, -0.15) is 0 Å². The topological polar surface area (TPSA) is 55.6 Å². The number of nitrogens with zero attached hydrogens (tertiary/aromatic N) is 2. The zero-order valence-corrected chi connectivity index (χ0v) is 14.4. The van der Waals surface area contributed by atoms with Crippen molar-refractivity contribution in [3.63, 3.8) is 0 Å². The number of carbonyl (C=O) groups excluding carboxylic acids is 1. The largest absolute Gasteiger partial charge is 0.456 e. The number of aromatic nitrogens is 1. The third kappa shape index (κ3) is 3.08. The first-order chi connectivity index (χ1) is 11.6. The molecule has 0 saturated carbocycles. The van der Waals surface area contributed by atoms with Crippen LogP contribution in [0.4, 0.5) is 0 Å². The van der Waals surface area contributed by atoms with Gasteiger partial charge in [-0.05, 0) is 37.6 Å². The van der Waals surface area contributed by atoms with Gasteiger partial charge in [0.25, 0.3) is 5.91 Å². The summed E-state index contributed by atoms with van der Waals surface area (Å²) in [7, 11) is 0. The number of thioether (sulfide) groups is 1. The van der Waals surface area contributed by atoms with Gasteiger partial charge in [0, 0.05) is 25.0 Å². The number of furan rings is 1. The van der Waals surface area contributed by atoms with E-state index in [1.807, 2.05) is 47.9 Å². The lowest BCUT2D eigenvalue weighted by atomic mass is 9.92. The molecule has 0 aliphatic carbocycles. The summed E-state index contributed by atoms with van der Waals surface area (Å²) < 4.78 is 11.6. The van der Waals surface area contributed by atoms with Crippen molar-refractivity contribution >= 4 is 17.7 Å². The molecule has 0 bridgehead atoms. The predicted octanol–water partition coefficient (Wildman–Crippen LogP) is 2.90. The first-order valence-electron chi connectivity index (χ1n) is 8.15. The van der Waals surface area contributed by atoms with Crippen LogP contribution >= 0.6 is 11.8 Å². The van der Waals surface area contributed by atoms with Crippen molar-refractivity contribution in [2.45, 2.75) is 30.8 Å². The minimum Gasteiger partial charge on any atom is -0.456 e. The van der Waals surface area contributed by atoms with Gasteiger partial charge in [-0.15, -0.1) is 11.8 Å². The summed E-state index contributed by atoms with van der Waals surface area (Å²) in [5.74, 6) is 2.18. The van der Waals surface area contributed by atoms with E-state index < -0.39 is 0 Å². The molecule has 2 aromatic heterocycles. The Morgan fingerprint density at radius 2 is 2.29 bits per heavy atom. The number of ether oxygens (including phenoxy) is 1. The molecule has 2 aliphatic rings. The van der Waals surface area contributed by atoms with Crippen LogP contribution in [0, 0.1) is 6.92 Å². The summed E-state index contributed by atoms with van der Waals surface area (Å²) >= 11 is 1.93. The molecule has 4 heterocycles. The lowest BCUT2D eigenvalue weighted by Crippen LogP contribution is -2.60. The number of likely N-dealkylation sites (tertiary alicyclic amines) is 1. The number of pyridine rings is 1. The van der Waals surface area contributed by atoms with Crippen LogP contribution < -0.4 is 0 Å². The van der Waals surface area contributed by atoms with Crippen LogP contribution in [0.25, 0.3) is 0 Å². The number of amides is 1. The monoisotopic (exact) mass is 344 g/mol. The smallest absolute Gasteiger partial charge is 0.289 e. The van der Waals surface area contributed by atoms with E-state index in [1.165, 1.54) is 0 Å². The lowest BCUT2D eigenvalue weighted by molar-refractivity contribution is 0.0233. The van der Waals surface area contributed by atoms with Crippen LogP contribution in [-0.4, -0.2) is 45.5 Å². The van der Waals surface area contributed by atoms with Crippen molar-refractivity contribution < 1.29 is 13.9 Å². The van der Waals surface area contributed by atoms with E-state index in [9.17, 15) is 4.79 Å². The summed E-state index contributed by atoms with van der Waals surface area (Å²) in [5, 5.41) is 0. The highest BCUT2D eigenvalue weighted by Crippen LogP contribution is 2.46. The van der Waals surface area contributed by atoms with Crippen LogP contribution in [-0.2, 0) is 11.3 Å². The fourth-order valence-corrected chi connectivity index (χ4v) is 4.87. The zero-order chi connectivity index (χ0) is 16.6. The van der Waals surface area contributed by atoms with Gasteiger partial charge in [0.05, 0.1) is 23.2 Å². The maximum Gasteiger partial charge on any atom is 0.289 e. The maximum atomic E-state index is 12.4. The minimum absolute atomic E-state index is 0.00724. The number of aryl methyl sites for hydroxylation is 1. The van der Waals surface area contributed by atoms with Gasteiger partial charge in [-0.3, -0.25) is 9.78 Å². The Kier molecular flexibility index (Phi) is 4.10. The van der Waals surface area contributed by atoms with Crippen LogP contribution in [0.15, 0.2) is 40.9 Å². The molecule has 4 rings (SSSR count). The zero-order valence-electron chi connectivity index (χ0n) is 13.6. The normalized spacial score (nSPS) is 21.9. The Morgan fingerprint density at radius 3 is 3.00 bits per heavy atom. The molecule has 1 amide bonds. The summed E-state index contributed by atoms with van der Waals surface area (Å²) in [6.45, 7) is 3.96. The van der Waals surface area contributed by atoms with Crippen molar-refractivity contribution in [1.29, 1.82) is 0 Å². The fraction of sp³-hybridized carbons (Fsp3) is 0.444. The minimum atomic E-state index is -0.00724. The number of rotatable bonds is 4. The molecule has 0 unspecified atom stereocenters. The summed E-state index contributed by atoms with van der Waals surface area (Å²) in [6.07, 6.45) is 3.01. The molecule has 5 nitrogen and oxygen atoms in total. The van der Waals surface area contributed by atoms with Crippen LogP contribution in [0.3, 0.4) is 0 Å². The van der Waals surface area contributed by atoms with Crippen LogP contribution in [0.1, 0.15) is 28.4 Å². The van der Waals surface area contributed by atoms with Crippen molar-refractivity contribution in [2.24, 2.45) is 0 Å². The molecule has 1 atom stereocenters. The van der Waals surface area contributed by atoms with E-state index in [1.54, 1.807) is 12.3 Å². The lowest BCUT2D eigenvalue weighted by Gasteiger charge is -2.47. The molecule has 1 spiro atoms. The first kappa shape index (κ1) is 15.7. The van der Waals surface area contributed by atoms with Gasteiger partial charge >= 0.3 is 0 Å². The molecule has 2 saturated heterocycles. The second-order valence-corrected chi connectivity index (χ2v) is 8.01. The number of carbonyl (C=O) groups is 1. The third-order valence-corrected chi connectivity index (χ3v) is 6.14. The standard InChI is InChI=1S/C18H20N2O3S/c1-13-5-6-16(23-13)17(21)20-11-18(12-20)8-15(10-24-18)22-9-14-4-2-3-7-19-14/h2-7,15H,8-12H2,1H3/t15-/m1/s1. The SMILES string of the molecule is Cc1ccc(C(=O)N2CC3(C[C@@H](OCc4ccccn4)CS3)C2)o1. The molecule has 2 aromatic rings. The van der Waals surface area contributed by atoms with E-state index >= 15 is 0 Å².